The van der Waals surface area contributed by atoms with Gasteiger partial charge in [0.25, 0.3) is 5.91 Å². The van der Waals surface area contributed by atoms with Gasteiger partial charge in [-0.1, -0.05) is 6.92 Å². The van der Waals surface area contributed by atoms with Gasteiger partial charge in [0.2, 0.25) is 5.91 Å². The fourth-order valence-corrected chi connectivity index (χ4v) is 4.45. The van der Waals surface area contributed by atoms with Crippen molar-refractivity contribution < 1.29 is 23.9 Å². The van der Waals surface area contributed by atoms with E-state index in [-0.39, 0.29) is 11.7 Å². The molecule has 4 amide bonds. The van der Waals surface area contributed by atoms with E-state index in [1.165, 1.54) is 11.8 Å². The second-order valence-electron chi connectivity index (χ2n) is 7.46. The molecule has 2 heterocycles. The number of carbonyl (C=O) groups excluding carboxylic acids is 3. The second kappa shape index (κ2) is 7.54. The van der Waals surface area contributed by atoms with Gasteiger partial charge >= 0.3 is 6.03 Å². The summed E-state index contributed by atoms with van der Waals surface area (Å²) >= 11 is 1.30. The average molecular weight is 405 g/mol. The van der Waals surface area contributed by atoms with Crippen molar-refractivity contribution in [2.45, 2.75) is 43.0 Å². The van der Waals surface area contributed by atoms with Crippen molar-refractivity contribution in [2.75, 3.05) is 19.0 Å². The first-order valence-corrected chi connectivity index (χ1v) is 10.4. The van der Waals surface area contributed by atoms with Crippen LogP contribution in [0.25, 0.3) is 0 Å². The van der Waals surface area contributed by atoms with E-state index in [9.17, 15) is 14.4 Å². The Morgan fingerprint density at radius 1 is 1.25 bits per heavy atom. The molecule has 1 spiro atoms. The maximum atomic E-state index is 12.8. The molecule has 8 nitrogen and oxygen atoms in total. The molecule has 0 atom stereocenters. The topological polar surface area (TPSA) is 97.0 Å². The largest absolute Gasteiger partial charge is 0.486 e. The standard InChI is InChI=1S/C19H23N3O5S/c1-12-4-6-19(7-5-12)17(24)22(18(25)20-19)21-16(23)11-28-13-2-3-14-15(10-13)27-9-8-26-14/h2-3,10,12H,4-9,11H2,1H3,(H,20,25)(H,21,23). The minimum Gasteiger partial charge on any atom is -0.486 e. The van der Waals surface area contributed by atoms with Crippen molar-refractivity contribution in [3.63, 3.8) is 0 Å². The summed E-state index contributed by atoms with van der Waals surface area (Å²) in [7, 11) is 0. The third-order valence-corrected chi connectivity index (χ3v) is 6.40. The van der Waals surface area contributed by atoms with Crippen molar-refractivity contribution >= 4 is 29.6 Å². The zero-order chi connectivity index (χ0) is 19.7. The van der Waals surface area contributed by atoms with Gasteiger partial charge in [0.1, 0.15) is 18.8 Å². The minimum absolute atomic E-state index is 0.0702. The molecule has 3 aliphatic rings. The zero-order valence-electron chi connectivity index (χ0n) is 15.7. The summed E-state index contributed by atoms with van der Waals surface area (Å²) in [5, 5.41) is 3.62. The molecule has 2 aliphatic heterocycles. The highest BCUT2D eigenvalue weighted by atomic mass is 32.2. The minimum atomic E-state index is -0.861. The average Bonchev–Trinajstić information content (AvgIpc) is 2.93. The molecule has 1 aliphatic carbocycles. The molecule has 0 radical (unpaired) electrons. The molecule has 0 unspecified atom stereocenters. The third kappa shape index (κ3) is 3.63. The van der Waals surface area contributed by atoms with Gasteiger partial charge in [-0.3, -0.25) is 15.0 Å². The number of hydrogen-bond acceptors (Lipinski definition) is 6. The highest BCUT2D eigenvalue weighted by Gasteiger charge is 2.52. The smallest absolute Gasteiger partial charge is 0.344 e. The Morgan fingerprint density at radius 3 is 2.71 bits per heavy atom. The van der Waals surface area contributed by atoms with E-state index in [4.69, 9.17) is 9.47 Å². The number of nitrogens with zero attached hydrogens (tertiary/aromatic N) is 1. The van der Waals surface area contributed by atoms with Gasteiger partial charge in [-0.05, 0) is 49.8 Å². The van der Waals surface area contributed by atoms with Gasteiger partial charge in [-0.25, -0.2) is 4.79 Å². The number of benzene rings is 1. The van der Waals surface area contributed by atoms with Crippen molar-refractivity contribution in [1.82, 2.24) is 15.8 Å². The van der Waals surface area contributed by atoms with Crippen LogP contribution in [0, 0.1) is 5.92 Å². The number of fused-ring (bicyclic) bond motifs is 1. The molecule has 1 saturated heterocycles. The first-order valence-electron chi connectivity index (χ1n) is 9.45. The fraction of sp³-hybridized carbons (Fsp3) is 0.526. The number of imide groups is 1. The predicted octanol–water partition coefficient (Wildman–Crippen LogP) is 2.08. The van der Waals surface area contributed by atoms with Crippen LogP contribution in [0.4, 0.5) is 4.79 Å². The van der Waals surface area contributed by atoms with Gasteiger partial charge in [0, 0.05) is 4.90 Å². The van der Waals surface area contributed by atoms with E-state index >= 15 is 0 Å². The quantitative estimate of drug-likeness (QED) is 0.588. The summed E-state index contributed by atoms with van der Waals surface area (Å²) in [6.07, 6.45) is 2.98. The van der Waals surface area contributed by atoms with E-state index < -0.39 is 17.5 Å². The molecule has 1 saturated carbocycles. The van der Waals surface area contributed by atoms with E-state index in [0.717, 1.165) is 22.7 Å². The molecular weight excluding hydrogens is 382 g/mol. The first kappa shape index (κ1) is 18.9. The van der Waals surface area contributed by atoms with Crippen LogP contribution in [-0.4, -0.2) is 47.4 Å². The van der Waals surface area contributed by atoms with E-state index in [2.05, 4.69) is 17.7 Å². The summed E-state index contributed by atoms with van der Waals surface area (Å²) in [6.45, 7) is 3.16. The highest BCUT2D eigenvalue weighted by molar-refractivity contribution is 8.00. The Kier molecular flexibility index (Phi) is 5.09. The molecule has 150 valence electrons. The van der Waals surface area contributed by atoms with Crippen molar-refractivity contribution in [1.29, 1.82) is 0 Å². The molecule has 2 fully saturated rings. The molecule has 1 aromatic rings. The van der Waals surface area contributed by atoms with E-state index in [0.29, 0.717) is 43.5 Å². The Morgan fingerprint density at radius 2 is 1.96 bits per heavy atom. The van der Waals surface area contributed by atoms with Crippen molar-refractivity contribution in [3.8, 4) is 11.5 Å². The maximum Gasteiger partial charge on any atom is 0.344 e. The first-order chi connectivity index (χ1) is 13.5. The molecule has 28 heavy (non-hydrogen) atoms. The van der Waals surface area contributed by atoms with Gasteiger partial charge < -0.3 is 14.8 Å². The number of urea groups is 1. The lowest BCUT2D eigenvalue weighted by atomic mass is 9.77. The SMILES string of the molecule is CC1CCC2(CC1)NC(=O)N(NC(=O)CSc1ccc3c(c1)OCCO3)C2=O. The van der Waals surface area contributed by atoms with Crippen LogP contribution in [0.5, 0.6) is 11.5 Å². The van der Waals surface area contributed by atoms with Gasteiger partial charge in [-0.15, -0.1) is 11.8 Å². The highest BCUT2D eigenvalue weighted by Crippen LogP contribution is 2.36. The molecule has 2 N–H and O–H groups in total. The fourth-order valence-electron chi connectivity index (χ4n) is 3.73. The van der Waals surface area contributed by atoms with E-state index in [1.54, 1.807) is 6.07 Å². The van der Waals surface area contributed by atoms with Crippen LogP contribution < -0.4 is 20.2 Å². The number of carbonyl (C=O) groups is 3. The summed E-state index contributed by atoms with van der Waals surface area (Å²) in [6, 6.07) is 4.91. The van der Waals surface area contributed by atoms with Crippen LogP contribution in [0.3, 0.4) is 0 Å². The lowest BCUT2D eigenvalue weighted by Gasteiger charge is -2.33. The molecule has 4 rings (SSSR count). The third-order valence-electron chi connectivity index (χ3n) is 5.41. The number of nitrogens with one attached hydrogen (secondary N) is 2. The number of ether oxygens (including phenoxy) is 2. The Labute approximate surface area is 167 Å². The van der Waals surface area contributed by atoms with Crippen LogP contribution in [0.2, 0.25) is 0 Å². The normalized spacial score (nSPS) is 26.3. The molecule has 0 aromatic heterocycles. The van der Waals surface area contributed by atoms with Crippen molar-refractivity contribution in [2.24, 2.45) is 5.92 Å². The number of rotatable bonds is 4. The number of thioether (sulfide) groups is 1. The molecular formula is C19H23N3O5S. The van der Waals surface area contributed by atoms with Crippen LogP contribution in [-0.2, 0) is 9.59 Å². The number of hydrazine groups is 1. The number of hydrogen-bond donors (Lipinski definition) is 2. The van der Waals surface area contributed by atoms with E-state index in [1.807, 2.05) is 12.1 Å². The summed E-state index contributed by atoms with van der Waals surface area (Å²) in [4.78, 5) is 38.2. The Hall–Kier alpha value is -2.42. The molecule has 0 bridgehead atoms. The maximum absolute atomic E-state index is 12.8. The monoisotopic (exact) mass is 405 g/mol. The summed E-state index contributed by atoms with van der Waals surface area (Å²) < 4.78 is 11.0. The van der Waals surface area contributed by atoms with Crippen LogP contribution >= 0.6 is 11.8 Å². The summed E-state index contributed by atoms with van der Waals surface area (Å²) in [5.74, 6) is 1.18. The van der Waals surface area contributed by atoms with Gasteiger partial charge in [0.05, 0.1) is 5.75 Å². The van der Waals surface area contributed by atoms with Gasteiger partial charge in [-0.2, -0.15) is 5.01 Å². The molecule has 9 heteroatoms. The lowest BCUT2D eigenvalue weighted by molar-refractivity contribution is -0.139. The molecule has 1 aromatic carbocycles. The lowest BCUT2D eigenvalue weighted by Crippen LogP contribution is -2.51. The van der Waals surface area contributed by atoms with Crippen molar-refractivity contribution in [3.05, 3.63) is 18.2 Å². The Bertz CT molecular complexity index is 807. The predicted molar refractivity (Wildman–Crippen MR) is 102 cm³/mol. The van der Waals surface area contributed by atoms with Gasteiger partial charge in [0.15, 0.2) is 11.5 Å². The Balaban J connectivity index is 1.34. The van der Waals surface area contributed by atoms with Crippen LogP contribution in [0.15, 0.2) is 23.1 Å². The van der Waals surface area contributed by atoms with Crippen LogP contribution in [0.1, 0.15) is 32.6 Å². The summed E-state index contributed by atoms with van der Waals surface area (Å²) in [5.41, 5.74) is 1.59. The zero-order valence-corrected chi connectivity index (χ0v) is 16.5. The second-order valence-corrected chi connectivity index (χ2v) is 8.51. The number of amides is 4.